The number of hydrogen-bond donors (Lipinski definition) is 0. The third kappa shape index (κ3) is 3.10. The lowest BCUT2D eigenvalue weighted by molar-refractivity contribution is 0.0745. The highest BCUT2D eigenvalue weighted by atomic mass is 32.1. The molecule has 124 valence electrons. The molecule has 0 unspecified atom stereocenters. The van der Waals surface area contributed by atoms with E-state index in [0.717, 1.165) is 22.0 Å². The van der Waals surface area contributed by atoms with Gasteiger partial charge in [0.05, 0.1) is 22.9 Å². The van der Waals surface area contributed by atoms with Crippen LogP contribution in [-0.4, -0.2) is 32.6 Å². The van der Waals surface area contributed by atoms with Crippen LogP contribution in [0.5, 0.6) is 0 Å². The number of hydrogen-bond acceptors (Lipinski definition) is 4. The zero-order valence-corrected chi connectivity index (χ0v) is 15.0. The third-order valence-electron chi connectivity index (χ3n) is 4.13. The van der Waals surface area contributed by atoms with Crippen molar-refractivity contribution in [3.8, 4) is 5.69 Å². The molecule has 2 heterocycles. The van der Waals surface area contributed by atoms with Crippen molar-refractivity contribution < 1.29 is 4.79 Å². The Morgan fingerprint density at radius 3 is 2.50 bits per heavy atom. The summed E-state index contributed by atoms with van der Waals surface area (Å²) in [5.41, 5.74) is 5.45. The lowest BCUT2D eigenvalue weighted by Crippen LogP contribution is -2.29. The summed E-state index contributed by atoms with van der Waals surface area (Å²) < 4.78 is 1.88. The van der Waals surface area contributed by atoms with E-state index in [1.807, 2.05) is 69.0 Å². The highest BCUT2D eigenvalue weighted by molar-refractivity contribution is 7.09. The molecule has 0 aliphatic heterocycles. The van der Waals surface area contributed by atoms with E-state index in [1.54, 1.807) is 21.7 Å². The molecule has 1 aromatic carbocycles. The number of nitrogens with zero attached hydrogens (tertiary/aromatic N) is 4. The second-order valence-electron chi connectivity index (χ2n) is 5.88. The minimum Gasteiger partial charge on any atom is -0.334 e. The molecule has 1 amide bonds. The van der Waals surface area contributed by atoms with Gasteiger partial charge in [0.25, 0.3) is 5.91 Å². The van der Waals surface area contributed by atoms with Crippen LogP contribution in [-0.2, 0) is 0 Å². The minimum absolute atomic E-state index is 0.000635. The van der Waals surface area contributed by atoms with Gasteiger partial charge in [-0.2, -0.15) is 5.10 Å². The van der Waals surface area contributed by atoms with Crippen molar-refractivity contribution in [2.75, 3.05) is 7.05 Å². The number of carbonyl (C=O) groups excluding carboxylic acids is 1. The Morgan fingerprint density at radius 1 is 1.25 bits per heavy atom. The maximum Gasteiger partial charge on any atom is 0.254 e. The molecule has 0 aliphatic carbocycles. The van der Waals surface area contributed by atoms with Crippen LogP contribution < -0.4 is 0 Å². The van der Waals surface area contributed by atoms with Gasteiger partial charge in [0.15, 0.2) is 0 Å². The molecule has 0 aliphatic rings. The van der Waals surface area contributed by atoms with Crippen molar-refractivity contribution in [3.63, 3.8) is 0 Å². The summed E-state index contributed by atoms with van der Waals surface area (Å²) in [6.07, 6.45) is 1.81. The van der Waals surface area contributed by atoms with Gasteiger partial charge < -0.3 is 4.90 Å². The fourth-order valence-electron chi connectivity index (χ4n) is 2.64. The molecule has 3 rings (SSSR count). The first kappa shape index (κ1) is 16.4. The summed E-state index contributed by atoms with van der Waals surface area (Å²) in [7, 11) is 1.82. The first-order valence-electron chi connectivity index (χ1n) is 7.76. The maximum atomic E-state index is 12.7. The van der Waals surface area contributed by atoms with Gasteiger partial charge in [0.2, 0.25) is 0 Å². The monoisotopic (exact) mass is 340 g/mol. The van der Waals surface area contributed by atoms with Crippen LogP contribution in [0.1, 0.15) is 39.6 Å². The standard InChI is InChI=1S/C18H20N4OS/c1-12-9-13(2)22(20-12)16-7-5-15(6-8-16)18(23)21(4)14(3)17-10-19-11-24-17/h5-11,14H,1-4H3/t14-/m1/s1. The molecule has 3 aromatic rings. The van der Waals surface area contributed by atoms with Crippen LogP contribution in [0.15, 0.2) is 42.0 Å². The maximum absolute atomic E-state index is 12.7. The molecule has 24 heavy (non-hydrogen) atoms. The van der Waals surface area contributed by atoms with Crippen LogP contribution in [0.4, 0.5) is 0 Å². The molecule has 5 nitrogen and oxygen atoms in total. The average molecular weight is 340 g/mol. The Morgan fingerprint density at radius 2 is 1.96 bits per heavy atom. The van der Waals surface area contributed by atoms with Gasteiger partial charge in [-0.1, -0.05) is 0 Å². The number of amides is 1. The Bertz CT molecular complexity index is 837. The first-order valence-corrected chi connectivity index (χ1v) is 8.64. The zero-order valence-electron chi connectivity index (χ0n) is 14.2. The lowest BCUT2D eigenvalue weighted by Gasteiger charge is -2.24. The van der Waals surface area contributed by atoms with E-state index < -0.39 is 0 Å². The second-order valence-corrected chi connectivity index (χ2v) is 6.80. The van der Waals surface area contributed by atoms with E-state index in [4.69, 9.17) is 0 Å². The summed E-state index contributed by atoms with van der Waals surface area (Å²) >= 11 is 1.56. The van der Waals surface area contributed by atoms with Crippen LogP contribution in [0.3, 0.4) is 0 Å². The fourth-order valence-corrected chi connectivity index (χ4v) is 3.36. The number of aryl methyl sites for hydroxylation is 2. The van der Waals surface area contributed by atoms with Crippen molar-refractivity contribution in [2.45, 2.75) is 26.8 Å². The number of carbonyl (C=O) groups is 1. The van der Waals surface area contributed by atoms with E-state index in [-0.39, 0.29) is 11.9 Å². The number of thiazole rings is 1. The Balaban J connectivity index is 1.80. The van der Waals surface area contributed by atoms with Gasteiger partial charge in [-0.25, -0.2) is 4.68 Å². The topological polar surface area (TPSA) is 51.0 Å². The summed E-state index contributed by atoms with van der Waals surface area (Å²) in [4.78, 5) is 19.6. The van der Waals surface area contributed by atoms with Crippen LogP contribution in [0.25, 0.3) is 5.69 Å². The quantitative estimate of drug-likeness (QED) is 0.726. The van der Waals surface area contributed by atoms with Crippen LogP contribution in [0, 0.1) is 13.8 Å². The van der Waals surface area contributed by atoms with Crippen molar-refractivity contribution in [2.24, 2.45) is 0 Å². The molecular formula is C18H20N4OS. The van der Waals surface area contributed by atoms with Gasteiger partial charge in [0.1, 0.15) is 0 Å². The SMILES string of the molecule is Cc1cc(C)n(-c2ccc(C(=O)N(C)[C@H](C)c3cncs3)cc2)n1. The molecule has 0 spiro atoms. The van der Waals surface area contributed by atoms with Crippen molar-refractivity contribution in [1.82, 2.24) is 19.7 Å². The smallest absolute Gasteiger partial charge is 0.254 e. The summed E-state index contributed by atoms with van der Waals surface area (Å²) in [5, 5.41) is 4.47. The number of rotatable bonds is 4. The van der Waals surface area contributed by atoms with Crippen LogP contribution in [0.2, 0.25) is 0 Å². The molecule has 0 N–H and O–H groups in total. The number of aromatic nitrogens is 3. The predicted molar refractivity (Wildman–Crippen MR) is 95.7 cm³/mol. The van der Waals surface area contributed by atoms with E-state index in [0.29, 0.717) is 5.56 Å². The van der Waals surface area contributed by atoms with Crippen molar-refractivity contribution >= 4 is 17.2 Å². The van der Waals surface area contributed by atoms with Crippen molar-refractivity contribution in [1.29, 1.82) is 0 Å². The lowest BCUT2D eigenvalue weighted by atomic mass is 10.1. The minimum atomic E-state index is -0.00387. The molecule has 6 heteroatoms. The van der Waals surface area contributed by atoms with Gasteiger partial charge >= 0.3 is 0 Å². The van der Waals surface area contributed by atoms with Gasteiger partial charge in [-0.15, -0.1) is 11.3 Å². The molecule has 0 bridgehead atoms. The summed E-state index contributed by atoms with van der Waals surface area (Å²) in [6, 6.07) is 9.59. The van der Waals surface area contributed by atoms with E-state index in [9.17, 15) is 4.79 Å². The molecule has 0 saturated heterocycles. The van der Waals surface area contributed by atoms with Gasteiger partial charge in [0, 0.05) is 29.4 Å². The Hall–Kier alpha value is -2.47. The molecule has 0 saturated carbocycles. The Kier molecular flexibility index (Phi) is 4.49. The Labute approximate surface area is 145 Å². The first-order chi connectivity index (χ1) is 11.5. The number of benzene rings is 1. The second kappa shape index (κ2) is 6.57. The molecule has 0 radical (unpaired) electrons. The summed E-state index contributed by atoms with van der Waals surface area (Å²) in [5.74, 6) is -0.00387. The van der Waals surface area contributed by atoms with E-state index in [1.165, 1.54) is 0 Å². The highest BCUT2D eigenvalue weighted by Crippen LogP contribution is 2.24. The van der Waals surface area contributed by atoms with Gasteiger partial charge in [-0.3, -0.25) is 9.78 Å². The highest BCUT2D eigenvalue weighted by Gasteiger charge is 2.20. The summed E-state index contributed by atoms with van der Waals surface area (Å²) in [6.45, 7) is 6.00. The molecular weight excluding hydrogens is 320 g/mol. The van der Waals surface area contributed by atoms with Crippen molar-refractivity contribution in [3.05, 3.63) is 63.9 Å². The van der Waals surface area contributed by atoms with E-state index in [2.05, 4.69) is 10.1 Å². The average Bonchev–Trinajstić information content (AvgIpc) is 3.22. The molecule has 2 aromatic heterocycles. The molecule has 0 fully saturated rings. The van der Waals surface area contributed by atoms with Gasteiger partial charge in [-0.05, 0) is 51.1 Å². The predicted octanol–water partition coefficient (Wildman–Crippen LogP) is 3.78. The largest absolute Gasteiger partial charge is 0.334 e. The normalized spacial score (nSPS) is 12.2. The fraction of sp³-hybridized carbons (Fsp3) is 0.278. The third-order valence-corrected chi connectivity index (χ3v) is 5.08. The molecule has 1 atom stereocenters. The zero-order chi connectivity index (χ0) is 17.3. The van der Waals surface area contributed by atoms with E-state index >= 15 is 0 Å². The van der Waals surface area contributed by atoms with Crippen LogP contribution >= 0.6 is 11.3 Å².